The van der Waals surface area contributed by atoms with Crippen LogP contribution in [0.5, 0.6) is 0 Å². The molecule has 0 aromatic heterocycles. The predicted octanol–water partition coefficient (Wildman–Crippen LogP) is 4.51. The average Bonchev–Trinajstić information content (AvgIpc) is 2.38. The fourth-order valence-electron chi connectivity index (χ4n) is 1.61. The van der Waals surface area contributed by atoms with Crippen molar-refractivity contribution in [2.45, 2.75) is 33.3 Å². The van der Waals surface area contributed by atoms with Gasteiger partial charge < -0.3 is 4.74 Å². The molecule has 0 amide bonds. The zero-order valence-electron chi connectivity index (χ0n) is 10.9. The largest absolute Gasteiger partial charge is 0.373 e. The Labute approximate surface area is 105 Å². The fraction of sp³-hybridized carbons (Fsp3) is 0.375. The lowest BCUT2D eigenvalue weighted by atomic mass is 10.1. The summed E-state index contributed by atoms with van der Waals surface area (Å²) in [6.45, 7) is 5.70. The summed E-state index contributed by atoms with van der Waals surface area (Å²) in [7, 11) is 0. The lowest BCUT2D eigenvalue weighted by molar-refractivity contribution is 0.148. The summed E-state index contributed by atoms with van der Waals surface area (Å²) in [4.78, 5) is 0. The molecule has 0 atom stereocenters. The number of benzene rings is 1. The van der Waals surface area contributed by atoms with E-state index in [9.17, 15) is 0 Å². The van der Waals surface area contributed by atoms with Gasteiger partial charge in [0.05, 0.1) is 13.2 Å². The van der Waals surface area contributed by atoms with Crippen LogP contribution in [0.15, 0.2) is 54.1 Å². The fourth-order valence-corrected chi connectivity index (χ4v) is 1.61. The summed E-state index contributed by atoms with van der Waals surface area (Å²) in [5.41, 5.74) is 2.61. The normalized spacial score (nSPS) is 12.2. The van der Waals surface area contributed by atoms with Gasteiger partial charge in [0.25, 0.3) is 0 Å². The predicted molar refractivity (Wildman–Crippen MR) is 73.9 cm³/mol. The van der Waals surface area contributed by atoms with Crippen molar-refractivity contribution in [3.8, 4) is 0 Å². The van der Waals surface area contributed by atoms with Crippen LogP contribution >= 0.6 is 0 Å². The summed E-state index contributed by atoms with van der Waals surface area (Å²) in [5.74, 6) is 0. The maximum absolute atomic E-state index is 5.58. The smallest absolute Gasteiger partial charge is 0.0721 e. The van der Waals surface area contributed by atoms with Crippen LogP contribution in [0.1, 0.15) is 32.3 Å². The van der Waals surface area contributed by atoms with Crippen LogP contribution < -0.4 is 0 Å². The minimum absolute atomic E-state index is 0.677. The van der Waals surface area contributed by atoms with Crippen molar-refractivity contribution in [3.63, 3.8) is 0 Å². The first kappa shape index (κ1) is 13.7. The summed E-state index contributed by atoms with van der Waals surface area (Å²) in [6, 6.07) is 10.3. The van der Waals surface area contributed by atoms with Crippen molar-refractivity contribution >= 4 is 0 Å². The monoisotopic (exact) mass is 230 g/mol. The van der Waals surface area contributed by atoms with Crippen LogP contribution in [-0.2, 0) is 11.3 Å². The average molecular weight is 230 g/mol. The second-order valence-electron chi connectivity index (χ2n) is 3.94. The number of hydrogen-bond acceptors (Lipinski definition) is 1. The van der Waals surface area contributed by atoms with Gasteiger partial charge in [0.15, 0.2) is 0 Å². The van der Waals surface area contributed by atoms with Crippen LogP contribution in [0.2, 0.25) is 0 Å². The van der Waals surface area contributed by atoms with E-state index in [-0.39, 0.29) is 0 Å². The van der Waals surface area contributed by atoms with Crippen molar-refractivity contribution < 1.29 is 4.74 Å². The zero-order valence-corrected chi connectivity index (χ0v) is 10.9. The zero-order chi connectivity index (χ0) is 12.3. The Morgan fingerprint density at radius 1 is 1.18 bits per heavy atom. The quantitative estimate of drug-likeness (QED) is 0.495. The summed E-state index contributed by atoms with van der Waals surface area (Å²) < 4.78 is 5.58. The molecular weight excluding hydrogens is 208 g/mol. The summed E-state index contributed by atoms with van der Waals surface area (Å²) in [6.07, 6.45) is 8.69. The Kier molecular flexibility index (Phi) is 7.08. The molecule has 0 heterocycles. The van der Waals surface area contributed by atoms with Crippen molar-refractivity contribution in [2.24, 2.45) is 0 Å². The molecule has 1 aromatic rings. The van der Waals surface area contributed by atoms with E-state index in [4.69, 9.17) is 4.74 Å². The van der Waals surface area contributed by atoms with Gasteiger partial charge in [0, 0.05) is 0 Å². The maximum atomic E-state index is 5.58. The molecule has 92 valence electrons. The van der Waals surface area contributed by atoms with Crippen LogP contribution in [0, 0.1) is 0 Å². The number of rotatable bonds is 7. The van der Waals surface area contributed by atoms with E-state index >= 15 is 0 Å². The maximum Gasteiger partial charge on any atom is 0.0721 e. The molecule has 1 rings (SSSR count). The van der Waals surface area contributed by atoms with Gasteiger partial charge in [0.2, 0.25) is 0 Å². The standard InChI is InChI=1S/C16H22O/c1-3-9-15(4-2)12-8-13-17-14-16-10-6-5-7-11-16/h5-12H,3-4,13-14H2,1-2H3/b12-8-,15-9-. The molecule has 0 unspecified atom stereocenters. The van der Waals surface area contributed by atoms with Gasteiger partial charge >= 0.3 is 0 Å². The van der Waals surface area contributed by atoms with Crippen molar-refractivity contribution in [3.05, 3.63) is 59.7 Å². The third-order valence-electron chi connectivity index (χ3n) is 2.53. The molecule has 0 aliphatic heterocycles. The van der Waals surface area contributed by atoms with E-state index in [1.165, 1.54) is 11.1 Å². The van der Waals surface area contributed by atoms with Crippen LogP contribution in [-0.4, -0.2) is 6.61 Å². The molecule has 0 bridgehead atoms. The molecule has 0 saturated carbocycles. The third-order valence-corrected chi connectivity index (χ3v) is 2.53. The van der Waals surface area contributed by atoms with Crippen LogP contribution in [0.25, 0.3) is 0 Å². The SMILES string of the molecule is CC/C=C(\C=C/COCc1ccccc1)CC. The first-order valence-electron chi connectivity index (χ1n) is 6.34. The topological polar surface area (TPSA) is 9.23 Å². The molecule has 0 saturated heterocycles. The molecule has 0 aliphatic rings. The minimum Gasteiger partial charge on any atom is -0.373 e. The first-order chi connectivity index (χ1) is 8.36. The highest BCUT2D eigenvalue weighted by Crippen LogP contribution is 2.04. The molecular formula is C16H22O. The highest BCUT2D eigenvalue weighted by Gasteiger charge is 1.90. The molecule has 1 nitrogen and oxygen atoms in total. The molecule has 0 aliphatic carbocycles. The highest BCUT2D eigenvalue weighted by molar-refractivity contribution is 5.18. The van der Waals surface area contributed by atoms with Crippen molar-refractivity contribution in [1.29, 1.82) is 0 Å². The summed E-state index contributed by atoms with van der Waals surface area (Å²) >= 11 is 0. The van der Waals surface area contributed by atoms with Gasteiger partial charge in [-0.3, -0.25) is 0 Å². The van der Waals surface area contributed by atoms with E-state index in [0.29, 0.717) is 13.2 Å². The molecule has 0 radical (unpaired) electrons. The first-order valence-corrected chi connectivity index (χ1v) is 6.34. The molecule has 0 fully saturated rings. The van der Waals surface area contributed by atoms with Crippen LogP contribution in [0.4, 0.5) is 0 Å². The van der Waals surface area contributed by atoms with Gasteiger partial charge in [-0.05, 0) is 18.4 Å². The van der Waals surface area contributed by atoms with Crippen molar-refractivity contribution in [1.82, 2.24) is 0 Å². The lowest BCUT2D eigenvalue weighted by Gasteiger charge is -2.01. The van der Waals surface area contributed by atoms with Gasteiger partial charge in [-0.15, -0.1) is 0 Å². The Hall–Kier alpha value is -1.34. The van der Waals surface area contributed by atoms with E-state index in [1.807, 2.05) is 18.2 Å². The van der Waals surface area contributed by atoms with Gasteiger partial charge in [0.1, 0.15) is 0 Å². The van der Waals surface area contributed by atoms with Crippen LogP contribution in [0.3, 0.4) is 0 Å². The molecule has 1 aromatic carbocycles. The Morgan fingerprint density at radius 3 is 2.59 bits per heavy atom. The highest BCUT2D eigenvalue weighted by atomic mass is 16.5. The molecule has 17 heavy (non-hydrogen) atoms. The van der Waals surface area contributed by atoms with Gasteiger partial charge in [-0.2, -0.15) is 0 Å². The number of hydrogen-bond donors (Lipinski definition) is 0. The Morgan fingerprint density at radius 2 is 1.94 bits per heavy atom. The van der Waals surface area contributed by atoms with Gasteiger partial charge in [-0.1, -0.05) is 68.0 Å². The number of ether oxygens (including phenoxy) is 1. The number of allylic oxidation sites excluding steroid dienone is 3. The second kappa shape index (κ2) is 8.77. The van der Waals surface area contributed by atoms with E-state index in [2.05, 4.69) is 44.2 Å². The van der Waals surface area contributed by atoms with Crippen molar-refractivity contribution in [2.75, 3.05) is 6.61 Å². The lowest BCUT2D eigenvalue weighted by Crippen LogP contribution is -1.92. The molecule has 1 heteroatoms. The Balaban J connectivity index is 2.24. The van der Waals surface area contributed by atoms with E-state index in [0.717, 1.165) is 12.8 Å². The Bertz CT molecular complexity index is 349. The summed E-state index contributed by atoms with van der Waals surface area (Å²) in [5, 5.41) is 0. The molecule has 0 spiro atoms. The second-order valence-corrected chi connectivity index (χ2v) is 3.94. The van der Waals surface area contributed by atoms with Gasteiger partial charge in [-0.25, -0.2) is 0 Å². The third kappa shape index (κ3) is 6.08. The minimum atomic E-state index is 0.677. The van der Waals surface area contributed by atoms with E-state index in [1.54, 1.807) is 0 Å². The molecule has 0 N–H and O–H groups in total. The van der Waals surface area contributed by atoms with E-state index < -0.39 is 0 Å².